The Balaban J connectivity index is 2.44. The van der Waals surface area contributed by atoms with E-state index in [0.717, 1.165) is 16.8 Å². The quantitative estimate of drug-likeness (QED) is 0.622. The van der Waals surface area contributed by atoms with Gasteiger partial charge in [0.2, 0.25) is 0 Å². The van der Waals surface area contributed by atoms with E-state index in [9.17, 15) is 0 Å². The Morgan fingerprint density at radius 1 is 1.35 bits per heavy atom. The summed E-state index contributed by atoms with van der Waals surface area (Å²) in [6.07, 6.45) is 1.86. The normalized spacial score (nSPS) is 12.7. The summed E-state index contributed by atoms with van der Waals surface area (Å²) >= 11 is 0. The van der Waals surface area contributed by atoms with E-state index in [1.807, 2.05) is 30.9 Å². The smallest absolute Gasteiger partial charge is 0.0743 e. The van der Waals surface area contributed by atoms with Gasteiger partial charge >= 0.3 is 0 Å². The monoisotopic (exact) mass is 230 g/mol. The zero-order valence-corrected chi connectivity index (χ0v) is 10.4. The number of hydrogen-bond acceptors (Lipinski definition) is 3. The molecular weight excluding hydrogens is 212 g/mol. The fraction of sp³-hybridized carbons (Fsp3) is 0.308. The molecule has 1 aromatic heterocycles. The Labute approximate surface area is 101 Å². The van der Waals surface area contributed by atoms with E-state index >= 15 is 0 Å². The molecule has 0 aliphatic heterocycles. The van der Waals surface area contributed by atoms with Crippen LogP contribution in [0.15, 0.2) is 30.5 Å². The summed E-state index contributed by atoms with van der Waals surface area (Å²) in [6, 6.07) is 8.32. The van der Waals surface area contributed by atoms with E-state index in [1.54, 1.807) is 0 Å². The molecule has 1 heterocycles. The lowest BCUT2D eigenvalue weighted by Gasteiger charge is -2.16. The number of hydrazine groups is 1. The molecule has 4 heteroatoms. The second-order valence-electron chi connectivity index (χ2n) is 4.32. The first kappa shape index (κ1) is 11.8. The zero-order valence-electron chi connectivity index (χ0n) is 10.4. The van der Waals surface area contributed by atoms with Crippen LogP contribution in [0, 0.1) is 13.8 Å². The average Bonchev–Trinajstić information content (AvgIpc) is 2.63. The molecule has 0 aliphatic carbocycles. The minimum absolute atomic E-state index is 0.0106. The standard InChI is InChI=1S/C13H18N4/c1-9-5-4-6-11(7-9)13(16-14)12-8-15-17(3)10(12)2/h4-8,13,16H,14H2,1-3H3. The van der Waals surface area contributed by atoms with Crippen molar-refractivity contribution in [1.82, 2.24) is 15.2 Å². The van der Waals surface area contributed by atoms with Gasteiger partial charge in [0.1, 0.15) is 0 Å². The van der Waals surface area contributed by atoms with Crippen molar-refractivity contribution in [2.75, 3.05) is 0 Å². The number of nitrogens with zero attached hydrogens (tertiary/aromatic N) is 2. The lowest BCUT2D eigenvalue weighted by Crippen LogP contribution is -2.29. The van der Waals surface area contributed by atoms with Crippen LogP contribution in [-0.2, 0) is 7.05 Å². The van der Waals surface area contributed by atoms with Crippen LogP contribution in [0.5, 0.6) is 0 Å². The maximum atomic E-state index is 5.68. The molecule has 4 nitrogen and oxygen atoms in total. The summed E-state index contributed by atoms with van der Waals surface area (Å²) in [5.41, 5.74) is 7.48. The van der Waals surface area contributed by atoms with Gasteiger partial charge in [0, 0.05) is 18.3 Å². The van der Waals surface area contributed by atoms with E-state index in [2.05, 4.69) is 35.6 Å². The Kier molecular flexibility index (Phi) is 3.26. The Morgan fingerprint density at radius 2 is 2.12 bits per heavy atom. The lowest BCUT2D eigenvalue weighted by atomic mass is 9.98. The van der Waals surface area contributed by atoms with Gasteiger partial charge in [-0.05, 0) is 19.4 Å². The molecule has 0 amide bonds. The fourth-order valence-corrected chi connectivity index (χ4v) is 2.01. The van der Waals surface area contributed by atoms with Gasteiger partial charge in [0.15, 0.2) is 0 Å². The molecule has 1 aromatic carbocycles. The van der Waals surface area contributed by atoms with Crippen molar-refractivity contribution in [2.45, 2.75) is 19.9 Å². The first-order valence-corrected chi connectivity index (χ1v) is 5.64. The summed E-state index contributed by atoms with van der Waals surface area (Å²) in [5.74, 6) is 5.68. The largest absolute Gasteiger partial charge is 0.273 e. The average molecular weight is 230 g/mol. The molecule has 2 rings (SSSR count). The second kappa shape index (κ2) is 4.69. The van der Waals surface area contributed by atoms with Gasteiger partial charge < -0.3 is 0 Å². The number of aryl methyl sites for hydroxylation is 2. The minimum atomic E-state index is -0.0106. The Morgan fingerprint density at radius 3 is 2.65 bits per heavy atom. The molecule has 90 valence electrons. The van der Waals surface area contributed by atoms with E-state index in [0.29, 0.717) is 0 Å². The highest BCUT2D eigenvalue weighted by Crippen LogP contribution is 2.24. The third kappa shape index (κ3) is 2.23. The predicted molar refractivity (Wildman–Crippen MR) is 68.3 cm³/mol. The number of nitrogens with two attached hydrogens (primary N) is 1. The summed E-state index contributed by atoms with van der Waals surface area (Å²) in [7, 11) is 1.93. The van der Waals surface area contributed by atoms with Gasteiger partial charge in [0.25, 0.3) is 0 Å². The second-order valence-corrected chi connectivity index (χ2v) is 4.32. The van der Waals surface area contributed by atoms with Crippen LogP contribution in [-0.4, -0.2) is 9.78 Å². The fourth-order valence-electron chi connectivity index (χ4n) is 2.01. The van der Waals surface area contributed by atoms with Crippen LogP contribution < -0.4 is 11.3 Å². The summed E-state index contributed by atoms with van der Waals surface area (Å²) in [4.78, 5) is 0. The zero-order chi connectivity index (χ0) is 12.4. The SMILES string of the molecule is Cc1cccc(C(NN)c2cnn(C)c2C)c1. The third-order valence-corrected chi connectivity index (χ3v) is 3.13. The van der Waals surface area contributed by atoms with Crippen LogP contribution in [0.25, 0.3) is 0 Å². The lowest BCUT2D eigenvalue weighted by molar-refractivity contribution is 0.630. The van der Waals surface area contributed by atoms with Gasteiger partial charge in [-0.1, -0.05) is 29.8 Å². The number of benzene rings is 1. The molecule has 17 heavy (non-hydrogen) atoms. The number of rotatable bonds is 3. The van der Waals surface area contributed by atoms with Crippen LogP contribution in [0.3, 0.4) is 0 Å². The maximum absolute atomic E-state index is 5.68. The molecule has 0 spiro atoms. The first-order valence-electron chi connectivity index (χ1n) is 5.64. The predicted octanol–water partition coefficient (Wildman–Crippen LogP) is 1.59. The molecule has 3 N–H and O–H groups in total. The number of hydrogen-bond donors (Lipinski definition) is 2. The molecule has 1 atom stereocenters. The molecular formula is C13H18N4. The minimum Gasteiger partial charge on any atom is -0.273 e. The van der Waals surface area contributed by atoms with E-state index in [-0.39, 0.29) is 6.04 Å². The molecule has 0 saturated carbocycles. The number of aromatic nitrogens is 2. The first-order chi connectivity index (χ1) is 8.13. The molecule has 0 radical (unpaired) electrons. The van der Waals surface area contributed by atoms with Gasteiger partial charge in [-0.2, -0.15) is 5.10 Å². The van der Waals surface area contributed by atoms with Crippen molar-refractivity contribution in [1.29, 1.82) is 0 Å². The molecule has 0 fully saturated rings. The Bertz CT molecular complexity index is 516. The summed E-state index contributed by atoms with van der Waals surface area (Å²) < 4.78 is 1.86. The molecule has 0 bridgehead atoms. The number of nitrogens with one attached hydrogen (secondary N) is 1. The molecule has 2 aromatic rings. The van der Waals surface area contributed by atoms with Gasteiger partial charge in [-0.15, -0.1) is 0 Å². The molecule has 0 saturated heterocycles. The molecule has 0 aliphatic rings. The maximum Gasteiger partial charge on any atom is 0.0743 e. The van der Waals surface area contributed by atoms with Crippen molar-refractivity contribution >= 4 is 0 Å². The van der Waals surface area contributed by atoms with Crippen molar-refractivity contribution < 1.29 is 0 Å². The highest BCUT2D eigenvalue weighted by atomic mass is 15.3. The van der Waals surface area contributed by atoms with E-state index in [4.69, 9.17) is 5.84 Å². The Hall–Kier alpha value is -1.65. The molecule has 1 unspecified atom stereocenters. The van der Waals surface area contributed by atoms with E-state index in [1.165, 1.54) is 5.56 Å². The summed E-state index contributed by atoms with van der Waals surface area (Å²) in [6.45, 7) is 4.12. The summed E-state index contributed by atoms with van der Waals surface area (Å²) in [5, 5.41) is 4.25. The van der Waals surface area contributed by atoms with Gasteiger partial charge in [-0.3, -0.25) is 10.5 Å². The highest BCUT2D eigenvalue weighted by molar-refractivity contribution is 5.34. The van der Waals surface area contributed by atoms with Crippen LogP contribution >= 0.6 is 0 Å². The van der Waals surface area contributed by atoms with Crippen molar-refractivity contribution in [3.05, 3.63) is 52.8 Å². The van der Waals surface area contributed by atoms with Gasteiger partial charge in [-0.25, -0.2) is 5.43 Å². The van der Waals surface area contributed by atoms with Gasteiger partial charge in [0.05, 0.1) is 12.2 Å². The topological polar surface area (TPSA) is 55.9 Å². The highest BCUT2D eigenvalue weighted by Gasteiger charge is 2.17. The van der Waals surface area contributed by atoms with E-state index < -0.39 is 0 Å². The van der Waals surface area contributed by atoms with Crippen molar-refractivity contribution in [3.63, 3.8) is 0 Å². The van der Waals surface area contributed by atoms with Crippen molar-refractivity contribution in [2.24, 2.45) is 12.9 Å². The van der Waals surface area contributed by atoms with Crippen LogP contribution in [0.4, 0.5) is 0 Å². The third-order valence-electron chi connectivity index (χ3n) is 3.13. The van der Waals surface area contributed by atoms with Crippen molar-refractivity contribution in [3.8, 4) is 0 Å². The van der Waals surface area contributed by atoms with Crippen LogP contribution in [0.1, 0.15) is 28.4 Å². The van der Waals surface area contributed by atoms with Crippen LogP contribution in [0.2, 0.25) is 0 Å².